The van der Waals surface area contributed by atoms with Crippen molar-refractivity contribution in [3.63, 3.8) is 0 Å². The van der Waals surface area contributed by atoms with Crippen molar-refractivity contribution < 1.29 is 19.1 Å². The number of cyclic esters (lactones) is 1. The normalized spacial score (nSPS) is 21.2. The molecule has 0 spiro atoms. The quantitative estimate of drug-likeness (QED) is 0.831. The minimum Gasteiger partial charge on any atom is -0.465 e. The molecule has 1 heterocycles. The average Bonchev–Trinajstić information content (AvgIpc) is 2.41. The summed E-state index contributed by atoms with van der Waals surface area (Å²) in [5.41, 5.74) is 1.22. The highest BCUT2D eigenvalue weighted by atomic mass is 16.6. The maximum Gasteiger partial charge on any atom is 0.407 e. The highest BCUT2D eigenvalue weighted by Gasteiger charge is 2.37. The van der Waals surface area contributed by atoms with E-state index in [9.17, 15) is 9.59 Å². The highest BCUT2D eigenvalue weighted by Crippen LogP contribution is 2.36. The molecule has 102 valence electrons. The van der Waals surface area contributed by atoms with E-state index in [0.717, 1.165) is 5.56 Å². The number of methoxy groups -OCH3 is 1. The van der Waals surface area contributed by atoms with E-state index in [2.05, 4.69) is 10.1 Å². The molecule has 0 aliphatic carbocycles. The number of ether oxygens (including phenoxy) is 2. The molecular formula is C14H17NO4. The molecule has 5 heteroatoms. The summed E-state index contributed by atoms with van der Waals surface area (Å²) in [4.78, 5) is 22.7. The molecule has 1 N–H and O–H groups in total. The third-order valence-electron chi connectivity index (χ3n) is 3.28. The zero-order valence-electron chi connectivity index (χ0n) is 11.2. The van der Waals surface area contributed by atoms with Gasteiger partial charge in [-0.05, 0) is 17.7 Å². The lowest BCUT2D eigenvalue weighted by molar-refractivity contribution is 0.0387. The molecule has 1 aliphatic heterocycles. The smallest absolute Gasteiger partial charge is 0.407 e. The summed E-state index contributed by atoms with van der Waals surface area (Å²) in [6.45, 7) is 4.40. The molecule has 0 saturated carbocycles. The molecule has 5 nitrogen and oxygen atoms in total. The Morgan fingerprint density at radius 3 is 2.58 bits per heavy atom. The van der Waals surface area contributed by atoms with Crippen molar-refractivity contribution >= 4 is 12.1 Å². The Balaban J connectivity index is 2.25. The summed E-state index contributed by atoms with van der Waals surface area (Å²) in [5, 5.41) is 2.81. The number of hydrogen-bond donors (Lipinski definition) is 1. The van der Waals surface area contributed by atoms with Gasteiger partial charge in [-0.15, -0.1) is 0 Å². The lowest BCUT2D eigenvalue weighted by Gasteiger charge is -2.38. The van der Waals surface area contributed by atoms with Gasteiger partial charge in [0.2, 0.25) is 0 Å². The Morgan fingerprint density at radius 2 is 2.00 bits per heavy atom. The number of esters is 1. The van der Waals surface area contributed by atoms with Gasteiger partial charge in [-0.1, -0.05) is 26.0 Å². The first-order chi connectivity index (χ1) is 8.94. The van der Waals surface area contributed by atoms with E-state index in [1.807, 2.05) is 26.0 Å². The molecule has 1 aliphatic rings. The van der Waals surface area contributed by atoms with Gasteiger partial charge in [-0.3, -0.25) is 0 Å². The fraction of sp³-hybridized carbons (Fsp3) is 0.429. The third kappa shape index (κ3) is 2.70. The zero-order chi connectivity index (χ0) is 14.0. The molecule has 1 fully saturated rings. The van der Waals surface area contributed by atoms with Crippen LogP contribution in [-0.2, 0) is 9.47 Å². The molecule has 0 radical (unpaired) electrons. The first kappa shape index (κ1) is 13.4. The van der Waals surface area contributed by atoms with Crippen LogP contribution in [-0.4, -0.2) is 25.8 Å². The van der Waals surface area contributed by atoms with Gasteiger partial charge in [-0.2, -0.15) is 0 Å². The van der Waals surface area contributed by atoms with Crippen molar-refractivity contribution in [1.29, 1.82) is 0 Å². The molecule has 1 atom stereocenters. The molecule has 1 amide bonds. The van der Waals surface area contributed by atoms with Crippen LogP contribution in [0.25, 0.3) is 0 Å². The number of carbonyl (C=O) groups is 2. The van der Waals surface area contributed by atoms with Crippen LogP contribution in [0.2, 0.25) is 0 Å². The zero-order valence-corrected chi connectivity index (χ0v) is 11.2. The van der Waals surface area contributed by atoms with Gasteiger partial charge in [-0.25, -0.2) is 9.59 Å². The van der Waals surface area contributed by atoms with Gasteiger partial charge in [0.25, 0.3) is 0 Å². The molecule has 0 bridgehead atoms. The molecule has 0 unspecified atom stereocenters. The van der Waals surface area contributed by atoms with Gasteiger partial charge >= 0.3 is 12.1 Å². The average molecular weight is 263 g/mol. The van der Waals surface area contributed by atoms with Gasteiger partial charge in [0, 0.05) is 5.41 Å². The van der Waals surface area contributed by atoms with Gasteiger partial charge < -0.3 is 14.8 Å². The van der Waals surface area contributed by atoms with E-state index in [-0.39, 0.29) is 17.4 Å². The first-order valence-electron chi connectivity index (χ1n) is 6.05. The number of nitrogens with one attached hydrogen (secondary N) is 1. The Kier molecular flexibility index (Phi) is 3.46. The predicted octanol–water partition coefficient (Wildman–Crippen LogP) is 2.28. The van der Waals surface area contributed by atoms with Crippen molar-refractivity contribution in [2.24, 2.45) is 5.41 Å². The topological polar surface area (TPSA) is 64.6 Å². The maximum atomic E-state index is 11.4. The number of carbonyl (C=O) groups excluding carboxylic acids is 2. The standard InChI is InChI=1S/C14H17NO4/c1-14(2)8-19-13(17)15-11(14)9-4-6-10(7-5-9)12(16)18-3/h4-7,11H,8H2,1-3H3,(H,15,17)/t11-/m1/s1. The molecule has 1 aromatic rings. The molecular weight excluding hydrogens is 246 g/mol. The van der Waals surface area contributed by atoms with Crippen molar-refractivity contribution in [2.75, 3.05) is 13.7 Å². The summed E-state index contributed by atoms with van der Waals surface area (Å²) in [6.07, 6.45) is -0.415. The third-order valence-corrected chi connectivity index (χ3v) is 3.28. The second-order valence-electron chi connectivity index (χ2n) is 5.26. The Morgan fingerprint density at radius 1 is 1.37 bits per heavy atom. The number of hydrogen-bond acceptors (Lipinski definition) is 4. The summed E-state index contributed by atoms with van der Waals surface area (Å²) in [6, 6.07) is 6.90. The van der Waals surface area contributed by atoms with Crippen molar-refractivity contribution in [1.82, 2.24) is 5.32 Å². The summed E-state index contributed by atoms with van der Waals surface area (Å²) >= 11 is 0. The molecule has 2 rings (SSSR count). The van der Waals surface area contributed by atoms with Crippen LogP contribution in [0.5, 0.6) is 0 Å². The maximum absolute atomic E-state index is 11.4. The van der Waals surface area contributed by atoms with E-state index in [1.54, 1.807) is 12.1 Å². The second-order valence-corrected chi connectivity index (χ2v) is 5.26. The lowest BCUT2D eigenvalue weighted by Crippen LogP contribution is -2.46. The van der Waals surface area contributed by atoms with Gasteiger partial charge in [0.05, 0.1) is 18.7 Å². The molecule has 1 saturated heterocycles. The molecule has 0 aromatic heterocycles. The van der Waals surface area contributed by atoms with E-state index >= 15 is 0 Å². The minimum atomic E-state index is -0.415. The van der Waals surface area contributed by atoms with Crippen LogP contribution < -0.4 is 5.32 Å². The van der Waals surface area contributed by atoms with Crippen LogP contribution in [0, 0.1) is 5.41 Å². The minimum absolute atomic E-state index is 0.138. The molecule has 1 aromatic carbocycles. The van der Waals surface area contributed by atoms with Gasteiger partial charge in [0.15, 0.2) is 0 Å². The first-order valence-corrected chi connectivity index (χ1v) is 6.05. The Bertz CT molecular complexity index is 493. The van der Waals surface area contributed by atoms with E-state index in [1.165, 1.54) is 7.11 Å². The van der Waals surface area contributed by atoms with E-state index in [4.69, 9.17) is 4.74 Å². The van der Waals surface area contributed by atoms with Crippen LogP contribution in [0.1, 0.15) is 35.8 Å². The SMILES string of the molecule is COC(=O)c1ccc([C@H]2NC(=O)OCC2(C)C)cc1. The lowest BCUT2D eigenvalue weighted by atomic mass is 9.80. The van der Waals surface area contributed by atoms with E-state index < -0.39 is 6.09 Å². The second kappa shape index (κ2) is 4.91. The predicted molar refractivity (Wildman–Crippen MR) is 68.8 cm³/mol. The van der Waals surface area contributed by atoms with E-state index in [0.29, 0.717) is 12.2 Å². The monoisotopic (exact) mass is 263 g/mol. The largest absolute Gasteiger partial charge is 0.465 e. The van der Waals surface area contributed by atoms with Crippen LogP contribution >= 0.6 is 0 Å². The van der Waals surface area contributed by atoms with Gasteiger partial charge in [0.1, 0.15) is 6.61 Å². The Labute approximate surface area is 111 Å². The number of amides is 1. The van der Waals surface area contributed by atoms with Crippen molar-refractivity contribution in [3.8, 4) is 0 Å². The van der Waals surface area contributed by atoms with Crippen LogP contribution in [0.4, 0.5) is 4.79 Å². The number of rotatable bonds is 2. The number of alkyl carbamates (subject to hydrolysis) is 1. The molecule has 19 heavy (non-hydrogen) atoms. The fourth-order valence-electron chi connectivity index (χ4n) is 2.15. The van der Waals surface area contributed by atoms with Crippen LogP contribution in [0.3, 0.4) is 0 Å². The summed E-state index contributed by atoms with van der Waals surface area (Å²) < 4.78 is 9.65. The summed E-state index contributed by atoms with van der Waals surface area (Å²) in [5.74, 6) is -0.373. The fourth-order valence-corrected chi connectivity index (χ4v) is 2.15. The number of benzene rings is 1. The Hall–Kier alpha value is -2.04. The van der Waals surface area contributed by atoms with Crippen molar-refractivity contribution in [2.45, 2.75) is 19.9 Å². The van der Waals surface area contributed by atoms with Crippen LogP contribution in [0.15, 0.2) is 24.3 Å². The summed E-state index contributed by atoms with van der Waals surface area (Å²) in [7, 11) is 1.35. The highest BCUT2D eigenvalue weighted by molar-refractivity contribution is 5.89. The van der Waals surface area contributed by atoms with Crippen molar-refractivity contribution in [3.05, 3.63) is 35.4 Å².